The highest BCUT2D eigenvalue weighted by Crippen LogP contribution is 2.13. The molecule has 1 aromatic rings. The van der Waals surface area contributed by atoms with Crippen molar-refractivity contribution in [3.05, 3.63) is 29.3 Å². The lowest BCUT2D eigenvalue weighted by Gasteiger charge is -2.06. The Balaban J connectivity index is 2.65. The van der Waals surface area contributed by atoms with E-state index in [1.165, 1.54) is 6.07 Å². The molecule has 0 saturated carbocycles. The summed E-state index contributed by atoms with van der Waals surface area (Å²) in [6, 6.07) is 4.91. The first-order chi connectivity index (χ1) is 7.50. The average Bonchev–Trinajstić information content (AvgIpc) is 2.21. The first-order valence-corrected chi connectivity index (χ1v) is 4.75. The van der Waals surface area contributed by atoms with E-state index in [0.29, 0.717) is 11.3 Å². The molecule has 0 heterocycles. The van der Waals surface area contributed by atoms with Crippen molar-refractivity contribution >= 4 is 17.6 Å². The summed E-state index contributed by atoms with van der Waals surface area (Å²) >= 11 is 0. The highest BCUT2D eigenvalue weighted by atomic mass is 16.5. The summed E-state index contributed by atoms with van der Waals surface area (Å²) in [7, 11) is 0. The predicted molar refractivity (Wildman–Crippen MR) is 58.1 cm³/mol. The number of carbonyl (C=O) groups is 2. The number of hydrogen-bond donors (Lipinski definition) is 2. The fraction of sp³-hybridized carbons (Fsp3) is 0.273. The van der Waals surface area contributed by atoms with Gasteiger partial charge in [-0.05, 0) is 24.6 Å². The van der Waals surface area contributed by atoms with Crippen LogP contribution in [-0.4, -0.2) is 23.7 Å². The number of anilines is 1. The molecule has 3 N–H and O–H groups in total. The van der Waals surface area contributed by atoms with Gasteiger partial charge >= 0.3 is 11.9 Å². The number of rotatable bonds is 4. The van der Waals surface area contributed by atoms with Crippen LogP contribution in [0.3, 0.4) is 0 Å². The fourth-order valence-electron chi connectivity index (χ4n) is 1.17. The Morgan fingerprint density at radius 3 is 2.75 bits per heavy atom. The molecule has 1 aromatic carbocycles. The van der Waals surface area contributed by atoms with Crippen LogP contribution in [0.4, 0.5) is 5.69 Å². The van der Waals surface area contributed by atoms with E-state index in [2.05, 4.69) is 0 Å². The molecule has 16 heavy (non-hydrogen) atoms. The van der Waals surface area contributed by atoms with Gasteiger partial charge in [-0.15, -0.1) is 0 Å². The largest absolute Gasteiger partial charge is 0.481 e. The fourth-order valence-corrected chi connectivity index (χ4v) is 1.17. The number of carboxylic acids is 1. The third-order valence-corrected chi connectivity index (χ3v) is 2.03. The quantitative estimate of drug-likeness (QED) is 0.591. The third kappa shape index (κ3) is 3.27. The van der Waals surface area contributed by atoms with Crippen molar-refractivity contribution < 1.29 is 19.4 Å². The van der Waals surface area contributed by atoms with Gasteiger partial charge in [-0.25, -0.2) is 4.79 Å². The Labute approximate surface area is 92.8 Å². The van der Waals surface area contributed by atoms with Crippen LogP contribution in [0.15, 0.2) is 18.2 Å². The molecule has 0 aliphatic heterocycles. The van der Waals surface area contributed by atoms with E-state index in [4.69, 9.17) is 15.6 Å². The number of aryl methyl sites for hydroxylation is 1. The molecule has 0 bridgehead atoms. The van der Waals surface area contributed by atoms with Gasteiger partial charge < -0.3 is 15.6 Å². The second-order valence-electron chi connectivity index (χ2n) is 3.35. The summed E-state index contributed by atoms with van der Waals surface area (Å²) in [6.07, 6.45) is -0.201. The van der Waals surface area contributed by atoms with E-state index >= 15 is 0 Å². The van der Waals surface area contributed by atoms with E-state index in [-0.39, 0.29) is 13.0 Å². The number of carboxylic acid groups (broad SMARTS) is 1. The van der Waals surface area contributed by atoms with Crippen LogP contribution in [0.5, 0.6) is 0 Å². The minimum absolute atomic E-state index is 0.137. The monoisotopic (exact) mass is 223 g/mol. The lowest BCUT2D eigenvalue weighted by Crippen LogP contribution is -2.11. The number of carbonyl (C=O) groups excluding carboxylic acids is 1. The lowest BCUT2D eigenvalue weighted by atomic mass is 10.1. The molecule has 86 valence electrons. The maximum atomic E-state index is 11.5. The molecular weight excluding hydrogens is 210 g/mol. The normalized spacial score (nSPS) is 9.81. The van der Waals surface area contributed by atoms with E-state index in [1.807, 2.05) is 0 Å². The van der Waals surface area contributed by atoms with Crippen LogP contribution >= 0.6 is 0 Å². The minimum atomic E-state index is -1.00. The lowest BCUT2D eigenvalue weighted by molar-refractivity contribution is -0.137. The first kappa shape index (κ1) is 12.0. The van der Waals surface area contributed by atoms with Gasteiger partial charge in [0, 0.05) is 5.69 Å². The van der Waals surface area contributed by atoms with E-state index in [9.17, 15) is 9.59 Å². The summed E-state index contributed by atoms with van der Waals surface area (Å²) in [4.78, 5) is 21.8. The molecule has 5 nitrogen and oxygen atoms in total. The van der Waals surface area contributed by atoms with Crippen LogP contribution in [0.25, 0.3) is 0 Å². The molecule has 1 rings (SSSR count). The number of esters is 1. The zero-order chi connectivity index (χ0) is 12.1. The van der Waals surface area contributed by atoms with Crippen molar-refractivity contribution in [1.29, 1.82) is 0 Å². The van der Waals surface area contributed by atoms with Gasteiger partial charge in [0.25, 0.3) is 0 Å². The molecule has 0 aromatic heterocycles. The molecule has 0 saturated heterocycles. The summed E-state index contributed by atoms with van der Waals surface area (Å²) in [5, 5.41) is 8.38. The minimum Gasteiger partial charge on any atom is -0.481 e. The molecule has 0 unspecified atom stereocenters. The zero-order valence-corrected chi connectivity index (χ0v) is 8.90. The van der Waals surface area contributed by atoms with Gasteiger partial charge in [0.05, 0.1) is 12.0 Å². The Bertz CT molecular complexity index is 414. The van der Waals surface area contributed by atoms with Gasteiger partial charge in [0.1, 0.15) is 6.61 Å². The number of ether oxygens (including phenoxy) is 1. The number of nitrogens with two attached hydrogens (primary N) is 1. The topological polar surface area (TPSA) is 89.6 Å². The Morgan fingerprint density at radius 1 is 1.44 bits per heavy atom. The molecule has 5 heteroatoms. The summed E-state index contributed by atoms with van der Waals surface area (Å²) in [6.45, 7) is 1.62. The summed E-state index contributed by atoms with van der Waals surface area (Å²) in [5.41, 5.74) is 7.12. The van der Waals surface area contributed by atoms with Crippen molar-refractivity contribution in [2.24, 2.45) is 0 Å². The summed E-state index contributed by atoms with van der Waals surface area (Å²) < 4.78 is 4.80. The predicted octanol–water partition coefficient (Wildman–Crippen LogP) is 1.21. The molecule has 0 aliphatic carbocycles. The second kappa shape index (κ2) is 5.16. The average molecular weight is 223 g/mol. The van der Waals surface area contributed by atoms with Gasteiger partial charge in [-0.1, -0.05) is 6.07 Å². The van der Waals surface area contributed by atoms with Gasteiger partial charge in [-0.3, -0.25) is 4.79 Å². The molecule has 0 fully saturated rings. The van der Waals surface area contributed by atoms with Crippen LogP contribution in [0.1, 0.15) is 22.3 Å². The van der Waals surface area contributed by atoms with Crippen LogP contribution in [0, 0.1) is 6.92 Å². The molecular formula is C11H13NO4. The standard InChI is InChI=1S/C11H13NO4/c1-7-2-3-8(12)6-9(7)11(15)16-5-4-10(13)14/h2-3,6H,4-5,12H2,1H3,(H,13,14). The number of hydrogen-bond acceptors (Lipinski definition) is 4. The van der Waals surface area contributed by atoms with E-state index in [0.717, 1.165) is 5.56 Å². The van der Waals surface area contributed by atoms with Gasteiger partial charge in [-0.2, -0.15) is 0 Å². The number of benzene rings is 1. The highest BCUT2D eigenvalue weighted by Gasteiger charge is 2.11. The maximum Gasteiger partial charge on any atom is 0.338 e. The SMILES string of the molecule is Cc1ccc(N)cc1C(=O)OCCC(=O)O. The molecule has 0 amide bonds. The highest BCUT2D eigenvalue weighted by molar-refractivity contribution is 5.92. The third-order valence-electron chi connectivity index (χ3n) is 2.03. The first-order valence-electron chi connectivity index (χ1n) is 4.75. The van der Waals surface area contributed by atoms with Crippen LogP contribution < -0.4 is 5.73 Å². The van der Waals surface area contributed by atoms with Gasteiger partial charge in [0.2, 0.25) is 0 Å². The maximum absolute atomic E-state index is 11.5. The Hall–Kier alpha value is -2.04. The van der Waals surface area contributed by atoms with Crippen molar-refractivity contribution in [3.63, 3.8) is 0 Å². The van der Waals surface area contributed by atoms with Crippen molar-refractivity contribution in [3.8, 4) is 0 Å². The van der Waals surface area contributed by atoms with Crippen LogP contribution in [0.2, 0.25) is 0 Å². The zero-order valence-electron chi connectivity index (χ0n) is 8.90. The summed E-state index contributed by atoms with van der Waals surface area (Å²) in [5.74, 6) is -1.55. The number of nitrogen functional groups attached to an aromatic ring is 1. The second-order valence-corrected chi connectivity index (χ2v) is 3.35. The smallest absolute Gasteiger partial charge is 0.338 e. The van der Waals surface area contributed by atoms with Crippen molar-refractivity contribution in [2.75, 3.05) is 12.3 Å². The van der Waals surface area contributed by atoms with Crippen LogP contribution in [-0.2, 0) is 9.53 Å². The molecule has 0 atom stereocenters. The van der Waals surface area contributed by atoms with Crippen molar-refractivity contribution in [2.45, 2.75) is 13.3 Å². The molecule has 0 spiro atoms. The Kier molecular flexibility index (Phi) is 3.88. The van der Waals surface area contributed by atoms with E-state index in [1.54, 1.807) is 19.1 Å². The molecule has 0 radical (unpaired) electrons. The van der Waals surface area contributed by atoms with Crippen molar-refractivity contribution in [1.82, 2.24) is 0 Å². The number of aliphatic carboxylic acids is 1. The Morgan fingerprint density at radius 2 is 2.12 bits per heavy atom. The van der Waals surface area contributed by atoms with E-state index < -0.39 is 11.9 Å². The molecule has 0 aliphatic rings. The van der Waals surface area contributed by atoms with Gasteiger partial charge in [0.15, 0.2) is 0 Å².